The van der Waals surface area contributed by atoms with Gasteiger partial charge in [-0.05, 0) is 30.2 Å². The molecule has 0 N–H and O–H groups in total. The molecule has 2 aromatic heterocycles. The summed E-state index contributed by atoms with van der Waals surface area (Å²) in [5.41, 5.74) is -1.64. The van der Waals surface area contributed by atoms with E-state index in [0.717, 1.165) is 26.5 Å². The second-order valence-electron chi connectivity index (χ2n) is 6.72. The van der Waals surface area contributed by atoms with Crippen molar-refractivity contribution >= 4 is 22.6 Å². The first kappa shape index (κ1) is 18.9. The van der Waals surface area contributed by atoms with Gasteiger partial charge in [-0.2, -0.15) is 13.2 Å². The highest BCUT2D eigenvalue weighted by Crippen LogP contribution is 2.29. The molecule has 0 saturated heterocycles. The third-order valence-electron chi connectivity index (χ3n) is 4.96. The number of hydrogen-bond donors (Lipinski definition) is 0. The van der Waals surface area contributed by atoms with Crippen molar-refractivity contribution in [2.24, 2.45) is 7.05 Å². The molecule has 0 saturated carbocycles. The Morgan fingerprint density at radius 3 is 2.59 bits per heavy atom. The summed E-state index contributed by atoms with van der Waals surface area (Å²) < 4.78 is 40.3. The maximum Gasteiger partial charge on any atom is 0.433 e. The fourth-order valence-corrected chi connectivity index (χ4v) is 3.49. The van der Waals surface area contributed by atoms with Crippen molar-refractivity contribution in [2.75, 3.05) is 11.4 Å². The Kier molecular flexibility index (Phi) is 4.29. The molecule has 3 heterocycles. The van der Waals surface area contributed by atoms with Crippen molar-refractivity contribution in [2.45, 2.75) is 19.1 Å². The number of fused-ring (bicyclic) bond motifs is 2. The van der Waals surface area contributed by atoms with Gasteiger partial charge in [0.1, 0.15) is 17.9 Å². The van der Waals surface area contributed by atoms with Gasteiger partial charge in [0.25, 0.3) is 5.56 Å². The quantitative estimate of drug-likeness (QED) is 0.652. The van der Waals surface area contributed by atoms with Crippen molar-refractivity contribution in [3.63, 3.8) is 0 Å². The predicted molar refractivity (Wildman–Crippen MR) is 98.7 cm³/mol. The molecule has 1 aliphatic rings. The highest BCUT2D eigenvalue weighted by atomic mass is 19.4. The minimum Gasteiger partial charge on any atom is -0.310 e. The SMILES string of the molecule is Cn1c(=O)n(CC(=O)N2CCc3ccccc32)c(=O)c2ccc(C(F)(F)F)nc21. The number of aromatic nitrogens is 3. The van der Waals surface area contributed by atoms with Crippen LogP contribution >= 0.6 is 0 Å². The van der Waals surface area contributed by atoms with Crippen LogP contribution in [0, 0.1) is 0 Å². The van der Waals surface area contributed by atoms with Gasteiger partial charge < -0.3 is 4.90 Å². The molecule has 1 amide bonds. The molecule has 0 bridgehead atoms. The molecular weight excluding hydrogens is 389 g/mol. The zero-order valence-corrected chi connectivity index (χ0v) is 15.2. The fourth-order valence-electron chi connectivity index (χ4n) is 3.49. The summed E-state index contributed by atoms with van der Waals surface area (Å²) in [4.78, 5) is 43.0. The van der Waals surface area contributed by atoms with E-state index >= 15 is 0 Å². The van der Waals surface area contributed by atoms with E-state index in [0.29, 0.717) is 19.0 Å². The molecule has 7 nitrogen and oxygen atoms in total. The van der Waals surface area contributed by atoms with Crippen molar-refractivity contribution in [1.29, 1.82) is 0 Å². The largest absolute Gasteiger partial charge is 0.433 e. The Morgan fingerprint density at radius 1 is 1.14 bits per heavy atom. The molecule has 4 rings (SSSR count). The number of hydrogen-bond acceptors (Lipinski definition) is 4. The van der Waals surface area contributed by atoms with Gasteiger partial charge in [-0.25, -0.2) is 9.78 Å². The summed E-state index contributed by atoms with van der Waals surface area (Å²) in [6.07, 6.45) is -4.05. The van der Waals surface area contributed by atoms with Crippen LogP contribution in [0.2, 0.25) is 0 Å². The van der Waals surface area contributed by atoms with Gasteiger partial charge in [-0.15, -0.1) is 0 Å². The summed E-state index contributed by atoms with van der Waals surface area (Å²) in [5.74, 6) is -0.451. The van der Waals surface area contributed by atoms with Crippen LogP contribution in [-0.2, 0) is 31.0 Å². The predicted octanol–water partition coefficient (Wildman–Crippen LogP) is 1.70. The molecule has 29 heavy (non-hydrogen) atoms. The number of pyridine rings is 1. The summed E-state index contributed by atoms with van der Waals surface area (Å²) in [6.45, 7) is -0.0892. The maximum absolute atomic E-state index is 12.9. The first-order chi connectivity index (χ1) is 13.7. The van der Waals surface area contributed by atoms with Crippen LogP contribution in [-0.4, -0.2) is 26.6 Å². The zero-order chi connectivity index (χ0) is 20.9. The molecule has 0 spiro atoms. The van der Waals surface area contributed by atoms with Crippen LogP contribution < -0.4 is 16.1 Å². The first-order valence-electron chi connectivity index (χ1n) is 8.74. The molecule has 10 heteroatoms. The lowest BCUT2D eigenvalue weighted by Gasteiger charge is -2.18. The lowest BCUT2D eigenvalue weighted by molar-refractivity contribution is -0.141. The average Bonchev–Trinajstić information content (AvgIpc) is 3.12. The Labute approximate surface area is 161 Å². The Morgan fingerprint density at radius 2 is 1.86 bits per heavy atom. The zero-order valence-electron chi connectivity index (χ0n) is 15.2. The summed E-state index contributed by atoms with van der Waals surface area (Å²) in [7, 11) is 1.21. The number of para-hydroxylation sites is 1. The molecule has 150 valence electrons. The Hall–Kier alpha value is -3.43. The molecule has 1 aliphatic heterocycles. The number of alkyl halides is 3. The molecule has 0 radical (unpaired) electrons. The second kappa shape index (κ2) is 6.57. The number of nitrogens with zero attached hydrogens (tertiary/aromatic N) is 4. The van der Waals surface area contributed by atoms with Crippen LogP contribution in [0.15, 0.2) is 46.0 Å². The first-order valence-corrected chi connectivity index (χ1v) is 8.74. The Bertz CT molecular complexity index is 1260. The molecule has 1 aromatic carbocycles. The van der Waals surface area contributed by atoms with Crippen LogP contribution in [0.25, 0.3) is 11.0 Å². The third-order valence-corrected chi connectivity index (χ3v) is 4.96. The summed E-state index contributed by atoms with van der Waals surface area (Å²) in [5, 5.41) is -0.172. The lowest BCUT2D eigenvalue weighted by atomic mass is 10.2. The van der Waals surface area contributed by atoms with Crippen molar-refractivity contribution in [3.8, 4) is 0 Å². The summed E-state index contributed by atoms with van der Waals surface area (Å²) >= 11 is 0. The average molecular weight is 404 g/mol. The molecule has 0 aliphatic carbocycles. The molecular formula is C19H15F3N4O3. The number of halogens is 3. The van der Waals surface area contributed by atoms with Gasteiger partial charge in [0.2, 0.25) is 5.91 Å². The monoisotopic (exact) mass is 404 g/mol. The number of carbonyl (C=O) groups excluding carboxylic acids is 1. The second-order valence-corrected chi connectivity index (χ2v) is 6.72. The third kappa shape index (κ3) is 3.10. The van der Waals surface area contributed by atoms with E-state index in [2.05, 4.69) is 4.98 Å². The minimum atomic E-state index is -4.71. The van der Waals surface area contributed by atoms with E-state index in [1.54, 1.807) is 12.1 Å². The van der Waals surface area contributed by atoms with Crippen LogP contribution in [0.5, 0.6) is 0 Å². The van der Waals surface area contributed by atoms with E-state index in [-0.39, 0.29) is 11.0 Å². The number of carbonyl (C=O) groups is 1. The maximum atomic E-state index is 12.9. The Balaban J connectivity index is 1.76. The van der Waals surface area contributed by atoms with Gasteiger partial charge in [0.05, 0.1) is 5.39 Å². The molecule has 0 unspecified atom stereocenters. The van der Waals surface area contributed by atoms with Gasteiger partial charge in [-0.1, -0.05) is 18.2 Å². The van der Waals surface area contributed by atoms with Gasteiger partial charge in [0, 0.05) is 19.3 Å². The molecule has 0 fully saturated rings. The van der Waals surface area contributed by atoms with E-state index in [9.17, 15) is 27.6 Å². The lowest BCUT2D eigenvalue weighted by Crippen LogP contribution is -2.44. The van der Waals surface area contributed by atoms with Gasteiger partial charge in [0.15, 0.2) is 0 Å². The smallest absolute Gasteiger partial charge is 0.310 e. The number of amides is 1. The van der Waals surface area contributed by atoms with Gasteiger partial charge in [-0.3, -0.25) is 18.7 Å². The standard InChI is InChI=1S/C19H15F3N4O3/c1-24-16-12(6-7-14(23-16)19(20,21)22)17(28)26(18(24)29)10-15(27)25-9-8-11-4-2-3-5-13(11)25/h2-7H,8-10H2,1H3. The number of rotatable bonds is 2. The van der Waals surface area contributed by atoms with Crippen LogP contribution in [0.1, 0.15) is 11.3 Å². The highest BCUT2D eigenvalue weighted by Gasteiger charge is 2.33. The fraction of sp³-hybridized carbons (Fsp3) is 0.263. The summed E-state index contributed by atoms with van der Waals surface area (Å²) in [6, 6.07) is 8.97. The van der Waals surface area contributed by atoms with Crippen molar-refractivity contribution in [1.82, 2.24) is 14.1 Å². The normalized spacial score (nSPS) is 13.7. The number of benzene rings is 1. The van der Waals surface area contributed by atoms with Gasteiger partial charge >= 0.3 is 11.9 Å². The van der Waals surface area contributed by atoms with E-state index in [1.807, 2.05) is 12.1 Å². The number of aryl methyl sites for hydroxylation is 1. The molecule has 3 aromatic rings. The highest BCUT2D eigenvalue weighted by molar-refractivity contribution is 5.95. The van der Waals surface area contributed by atoms with Crippen LogP contribution in [0.3, 0.4) is 0 Å². The van der Waals surface area contributed by atoms with E-state index in [1.165, 1.54) is 11.9 Å². The topological polar surface area (TPSA) is 77.2 Å². The van der Waals surface area contributed by atoms with Crippen molar-refractivity contribution < 1.29 is 18.0 Å². The van der Waals surface area contributed by atoms with E-state index < -0.39 is 35.6 Å². The van der Waals surface area contributed by atoms with E-state index in [4.69, 9.17) is 0 Å². The molecule has 0 atom stereocenters. The van der Waals surface area contributed by atoms with Crippen molar-refractivity contribution in [3.05, 3.63) is 68.5 Å². The number of anilines is 1. The van der Waals surface area contributed by atoms with Crippen LogP contribution in [0.4, 0.5) is 18.9 Å². The minimum absolute atomic E-state index is 0.172.